The van der Waals surface area contributed by atoms with Crippen LogP contribution in [0.2, 0.25) is 5.02 Å². The molecule has 8 aromatic rings. The molecule has 3 aromatic heterocycles. The summed E-state index contributed by atoms with van der Waals surface area (Å²) in [5, 5.41) is 31.4. The van der Waals surface area contributed by atoms with Gasteiger partial charge in [0.15, 0.2) is 0 Å². The molecule has 0 amide bonds. The molecule has 5 N–H and O–H groups in total. The van der Waals surface area contributed by atoms with Gasteiger partial charge < -0.3 is 10.6 Å². The summed E-state index contributed by atoms with van der Waals surface area (Å²) in [6, 6.07) is 23.3. The molecule has 10 heteroatoms. The number of rotatable bonds is 0. The monoisotopic (exact) mass is 977 g/mol. The number of nitrogens with one attached hydrogen (secondary N) is 5. The van der Waals surface area contributed by atoms with Crippen molar-refractivity contribution >= 4 is 55.7 Å². The highest BCUT2D eigenvalue weighted by Crippen LogP contribution is 2.37. The number of fused-ring (bicyclic) bond motifs is 5. The summed E-state index contributed by atoms with van der Waals surface area (Å²) in [5.41, 5.74) is 19.2. The van der Waals surface area contributed by atoms with Crippen LogP contribution in [0.4, 0.5) is 15.8 Å². The summed E-state index contributed by atoms with van der Waals surface area (Å²) in [7, 11) is 0. The molecule has 0 atom stereocenters. The van der Waals surface area contributed by atoms with Gasteiger partial charge in [0, 0.05) is 46.1 Å². The second kappa shape index (κ2) is 20.5. The first-order valence-corrected chi connectivity index (χ1v) is 25.0. The third-order valence-electron chi connectivity index (χ3n) is 13.0. The molecule has 5 aromatic carbocycles. The van der Waals surface area contributed by atoms with Crippen molar-refractivity contribution in [2.75, 3.05) is 10.6 Å². The van der Waals surface area contributed by atoms with E-state index in [2.05, 4.69) is 227 Å². The number of benzene rings is 5. The highest BCUT2D eigenvalue weighted by atomic mass is 35.5. The lowest BCUT2D eigenvalue weighted by atomic mass is 9.84. The van der Waals surface area contributed by atoms with Gasteiger partial charge in [-0.25, -0.2) is 4.39 Å². The Bertz CT molecular complexity index is 3030. The molecule has 2 aliphatic heterocycles. The molecule has 8 nitrogen and oxygen atoms in total. The Morgan fingerprint density at radius 1 is 0.465 bits per heavy atom. The van der Waals surface area contributed by atoms with Crippen LogP contribution >= 0.6 is 11.6 Å². The van der Waals surface area contributed by atoms with Crippen molar-refractivity contribution in [3.05, 3.63) is 171 Å². The predicted molar refractivity (Wildman–Crippen MR) is 302 cm³/mol. The van der Waals surface area contributed by atoms with Crippen molar-refractivity contribution in [1.29, 1.82) is 0 Å². The fourth-order valence-corrected chi connectivity index (χ4v) is 8.68. The van der Waals surface area contributed by atoms with Crippen molar-refractivity contribution in [3.8, 4) is 0 Å². The van der Waals surface area contributed by atoms with E-state index in [0.717, 1.165) is 62.3 Å². The van der Waals surface area contributed by atoms with Crippen LogP contribution in [-0.2, 0) is 39.9 Å². The molecule has 5 heterocycles. The van der Waals surface area contributed by atoms with Gasteiger partial charge in [0.05, 0.1) is 45.9 Å². The average Bonchev–Trinajstić information content (AvgIpc) is 4.10. The average molecular weight is 978 g/mol. The van der Waals surface area contributed by atoms with E-state index in [-0.39, 0.29) is 32.9 Å². The Morgan fingerprint density at radius 2 is 0.873 bits per heavy atom. The molecule has 0 spiro atoms. The summed E-state index contributed by atoms with van der Waals surface area (Å²) in [5.74, 6) is -0.170. The second-order valence-electron chi connectivity index (χ2n) is 24.5. The van der Waals surface area contributed by atoms with Crippen molar-refractivity contribution < 1.29 is 4.39 Å². The largest absolute Gasteiger partial charge is 0.359 e. The minimum Gasteiger partial charge on any atom is -0.359 e. The zero-order valence-corrected chi connectivity index (χ0v) is 46.3. The molecule has 376 valence electrons. The van der Waals surface area contributed by atoms with Crippen molar-refractivity contribution in [2.24, 2.45) is 0 Å². The van der Waals surface area contributed by atoms with Crippen LogP contribution in [0.5, 0.6) is 0 Å². The van der Waals surface area contributed by atoms with Crippen LogP contribution in [0.25, 0.3) is 32.7 Å². The maximum absolute atomic E-state index is 13.8. The van der Waals surface area contributed by atoms with E-state index >= 15 is 0 Å². The summed E-state index contributed by atoms with van der Waals surface area (Å²) in [6.45, 7) is 45.0. The predicted octanol–water partition coefficient (Wildman–Crippen LogP) is 16.9. The fraction of sp³-hybridized carbons (Fsp3) is 0.393. The molecule has 0 radical (unpaired) electrons. The molecular weight excluding hydrogens is 899 g/mol. The van der Waals surface area contributed by atoms with Gasteiger partial charge in [0.1, 0.15) is 5.82 Å². The number of aryl methyl sites for hydroxylation is 2. The first-order valence-electron chi connectivity index (χ1n) is 24.7. The van der Waals surface area contributed by atoms with Gasteiger partial charge in [0.2, 0.25) is 0 Å². The molecule has 0 aliphatic carbocycles. The second-order valence-corrected chi connectivity index (χ2v) is 24.9. The first-order chi connectivity index (χ1) is 32.8. The molecule has 0 fully saturated rings. The number of allylic oxidation sites excluding steroid dienone is 2. The van der Waals surface area contributed by atoms with Gasteiger partial charge in [-0.15, -0.1) is 0 Å². The van der Waals surface area contributed by atoms with Crippen LogP contribution < -0.4 is 10.6 Å². The van der Waals surface area contributed by atoms with E-state index in [1.54, 1.807) is 12.3 Å². The standard InChI is InChI=1S/C14H19N.C13H16FN.C12H16N2.C11H13ClN2.C11H14N2/c1-9-6-12(14(3,4)5)8-11-7-10(2)15-13(9)11;1-8-5-9-6-10(13(2,3)4)7-11(14)12(9)15-8;1-8-5-10(12(2,3)4)6-9-7-13-14-11(8)9;1-11(2,3)8-4-7-6-13-14-10(7)9(12)5-8;1-11(2,3)9-4-5-10-8(6-9)7-12-13-10/h6,8,15H,2,7H2,1,3-5H3;6-7,15H,1,5H2,2-4H3;5-7H,1-4H3,(H,13,14);4-6H,1-3H3,(H,13,14);4-7H,1-3H3,(H,12,13). The number of aromatic amines is 3. The molecular formula is C61H78ClFN8. The van der Waals surface area contributed by atoms with Gasteiger partial charge in [0.25, 0.3) is 0 Å². The van der Waals surface area contributed by atoms with Crippen LogP contribution in [0.3, 0.4) is 0 Å². The maximum Gasteiger partial charge on any atom is 0.147 e. The van der Waals surface area contributed by atoms with E-state index in [1.807, 2.05) is 18.5 Å². The zero-order chi connectivity index (χ0) is 52.6. The lowest BCUT2D eigenvalue weighted by Gasteiger charge is -2.21. The molecule has 10 rings (SSSR count). The number of aromatic nitrogens is 6. The highest BCUT2D eigenvalue weighted by molar-refractivity contribution is 6.35. The van der Waals surface area contributed by atoms with E-state index in [4.69, 9.17) is 11.6 Å². The third kappa shape index (κ3) is 13.4. The van der Waals surface area contributed by atoms with Crippen molar-refractivity contribution in [3.63, 3.8) is 0 Å². The Morgan fingerprint density at radius 3 is 1.42 bits per heavy atom. The SMILES string of the molecule is C=C1Cc2cc(C(C)(C)C)cc(C)c2N1.C=C1Cc2cc(C(C)(C)C)cc(F)c2N1.CC(C)(C)c1cc(Cl)c2[nH]ncc2c1.CC(C)(C)c1ccc2[nH]ncc2c1.Cc1cc(C(C)(C)C)cc2cn[nH]c12. The first kappa shape index (κ1) is 54.1. The zero-order valence-electron chi connectivity index (χ0n) is 45.5. The van der Waals surface area contributed by atoms with Gasteiger partial charge in [-0.3, -0.25) is 15.3 Å². The summed E-state index contributed by atoms with van der Waals surface area (Å²) >= 11 is 6.14. The number of nitrogens with zero attached hydrogens (tertiary/aromatic N) is 3. The molecule has 0 unspecified atom stereocenters. The third-order valence-corrected chi connectivity index (χ3v) is 13.3. The smallest absolute Gasteiger partial charge is 0.147 e. The quantitative estimate of drug-likeness (QED) is 0.104. The Kier molecular flexibility index (Phi) is 15.6. The molecule has 71 heavy (non-hydrogen) atoms. The van der Waals surface area contributed by atoms with Crippen LogP contribution in [-0.4, -0.2) is 30.6 Å². The fourth-order valence-electron chi connectivity index (χ4n) is 8.41. The number of anilines is 2. The Hall–Kier alpha value is -6.19. The number of hydrogen-bond acceptors (Lipinski definition) is 5. The number of H-pyrrole nitrogens is 3. The Balaban J connectivity index is 0.000000145. The minimum absolute atomic E-state index is 0.0141. The van der Waals surface area contributed by atoms with E-state index in [1.165, 1.54) is 55.4 Å². The summed E-state index contributed by atoms with van der Waals surface area (Å²) in [6.07, 6.45) is 7.26. The van der Waals surface area contributed by atoms with Gasteiger partial charge in [-0.1, -0.05) is 159 Å². The van der Waals surface area contributed by atoms with Crippen LogP contribution in [0, 0.1) is 19.7 Å². The van der Waals surface area contributed by atoms with E-state index in [0.29, 0.717) is 5.69 Å². The minimum atomic E-state index is -0.170. The normalized spacial score (nSPS) is 13.5. The maximum atomic E-state index is 13.8. The van der Waals surface area contributed by atoms with Gasteiger partial charge >= 0.3 is 0 Å². The molecule has 0 saturated carbocycles. The van der Waals surface area contributed by atoms with Crippen molar-refractivity contribution in [1.82, 2.24) is 30.6 Å². The summed E-state index contributed by atoms with van der Waals surface area (Å²) in [4.78, 5) is 0. The lowest BCUT2D eigenvalue weighted by molar-refractivity contribution is 0.573. The highest BCUT2D eigenvalue weighted by Gasteiger charge is 2.24. The molecule has 0 bridgehead atoms. The van der Waals surface area contributed by atoms with Crippen molar-refractivity contribution in [2.45, 2.75) is 158 Å². The number of hydrogen-bond donors (Lipinski definition) is 5. The number of halogens is 2. The lowest BCUT2D eigenvalue weighted by Crippen LogP contribution is -2.12. The van der Waals surface area contributed by atoms with Gasteiger partial charge in [-0.05, 0) is 127 Å². The molecule has 2 aliphatic rings. The Labute approximate surface area is 427 Å². The van der Waals surface area contributed by atoms with Crippen LogP contribution in [0.1, 0.15) is 154 Å². The summed E-state index contributed by atoms with van der Waals surface area (Å²) < 4.78 is 13.8. The van der Waals surface area contributed by atoms with E-state index in [9.17, 15) is 4.39 Å². The van der Waals surface area contributed by atoms with Crippen LogP contribution in [0.15, 0.2) is 110 Å². The topological polar surface area (TPSA) is 110 Å². The van der Waals surface area contributed by atoms with Gasteiger partial charge in [-0.2, -0.15) is 15.3 Å². The molecule has 0 saturated heterocycles. The van der Waals surface area contributed by atoms with E-state index < -0.39 is 0 Å².